The second kappa shape index (κ2) is 8.36. The molecule has 0 saturated heterocycles. The van der Waals surface area contributed by atoms with Gasteiger partial charge in [0.2, 0.25) is 5.91 Å². The van der Waals surface area contributed by atoms with Crippen LogP contribution in [0.5, 0.6) is 5.75 Å². The molecule has 0 aliphatic carbocycles. The molecule has 148 valence electrons. The van der Waals surface area contributed by atoms with Gasteiger partial charge < -0.3 is 9.64 Å². The van der Waals surface area contributed by atoms with Crippen LogP contribution in [0.4, 0.5) is 0 Å². The first-order valence-electron chi connectivity index (χ1n) is 10.4. The first kappa shape index (κ1) is 19.0. The van der Waals surface area contributed by atoms with E-state index >= 15 is 0 Å². The Morgan fingerprint density at radius 3 is 2.68 bits per heavy atom. The van der Waals surface area contributed by atoms with Crippen LogP contribution in [0.15, 0.2) is 42.5 Å². The molecule has 0 fully saturated rings. The lowest BCUT2D eigenvalue weighted by Crippen LogP contribution is -2.33. The maximum absolute atomic E-state index is 12.6. The number of hydrogen-bond donors (Lipinski definition) is 0. The fraction of sp³-hybridized carbons (Fsp3) is 0.458. The highest BCUT2D eigenvalue weighted by atomic mass is 16.5. The SMILES string of the molecule is CC(C)CC(=O)N1CCOc2ccc(CN3CCc4ccccc4C3)cc2C1. The summed E-state index contributed by atoms with van der Waals surface area (Å²) in [7, 11) is 0. The van der Waals surface area contributed by atoms with Gasteiger partial charge in [0.1, 0.15) is 12.4 Å². The molecule has 1 amide bonds. The Kier molecular flexibility index (Phi) is 5.67. The number of amides is 1. The standard InChI is InChI=1S/C24H30N2O2/c1-18(2)13-24(27)26-11-12-28-23-8-7-19(14-22(23)17-26)15-25-10-9-20-5-3-4-6-21(20)16-25/h3-8,14,18H,9-13,15-17H2,1-2H3. The minimum Gasteiger partial charge on any atom is -0.491 e. The van der Waals surface area contributed by atoms with Crippen LogP contribution in [0.3, 0.4) is 0 Å². The molecule has 4 heteroatoms. The lowest BCUT2D eigenvalue weighted by atomic mass is 9.99. The van der Waals surface area contributed by atoms with Crippen molar-refractivity contribution < 1.29 is 9.53 Å². The van der Waals surface area contributed by atoms with Crippen molar-refractivity contribution in [2.24, 2.45) is 5.92 Å². The number of nitrogens with zero attached hydrogens (tertiary/aromatic N) is 2. The van der Waals surface area contributed by atoms with Crippen molar-refractivity contribution in [2.75, 3.05) is 19.7 Å². The first-order valence-corrected chi connectivity index (χ1v) is 10.4. The quantitative estimate of drug-likeness (QED) is 0.806. The lowest BCUT2D eigenvalue weighted by Gasteiger charge is -2.29. The van der Waals surface area contributed by atoms with Gasteiger partial charge in [0, 0.05) is 38.2 Å². The molecule has 0 spiro atoms. The third-order valence-corrected chi connectivity index (χ3v) is 5.66. The van der Waals surface area contributed by atoms with Crippen molar-refractivity contribution >= 4 is 5.91 Å². The first-order chi connectivity index (χ1) is 13.6. The molecule has 0 bridgehead atoms. The Morgan fingerprint density at radius 2 is 1.86 bits per heavy atom. The zero-order valence-corrected chi connectivity index (χ0v) is 17.0. The predicted molar refractivity (Wildman–Crippen MR) is 111 cm³/mol. The maximum atomic E-state index is 12.6. The van der Waals surface area contributed by atoms with E-state index in [1.54, 1.807) is 0 Å². The molecular weight excluding hydrogens is 348 g/mol. The molecule has 0 N–H and O–H groups in total. The molecule has 2 aromatic carbocycles. The topological polar surface area (TPSA) is 32.8 Å². The Bertz CT molecular complexity index is 846. The predicted octanol–water partition coefficient (Wildman–Crippen LogP) is 4.01. The highest BCUT2D eigenvalue weighted by Gasteiger charge is 2.21. The average Bonchev–Trinajstić information content (AvgIpc) is 2.89. The van der Waals surface area contributed by atoms with Crippen LogP contribution in [0.1, 0.15) is 42.5 Å². The van der Waals surface area contributed by atoms with Crippen LogP contribution < -0.4 is 4.74 Å². The van der Waals surface area contributed by atoms with E-state index in [-0.39, 0.29) is 5.91 Å². The minimum absolute atomic E-state index is 0.226. The Labute approximate surface area is 168 Å². The molecule has 4 nitrogen and oxygen atoms in total. The highest BCUT2D eigenvalue weighted by Crippen LogP contribution is 2.27. The van der Waals surface area contributed by atoms with E-state index < -0.39 is 0 Å². The summed E-state index contributed by atoms with van der Waals surface area (Å²) < 4.78 is 5.92. The van der Waals surface area contributed by atoms with E-state index in [1.165, 1.54) is 16.7 Å². The average molecular weight is 379 g/mol. The normalized spacial score (nSPS) is 16.9. The van der Waals surface area contributed by atoms with Crippen molar-refractivity contribution in [1.82, 2.24) is 9.80 Å². The summed E-state index contributed by atoms with van der Waals surface area (Å²) in [5.74, 6) is 1.53. The van der Waals surface area contributed by atoms with Gasteiger partial charge in [-0.15, -0.1) is 0 Å². The van der Waals surface area contributed by atoms with Gasteiger partial charge in [0.15, 0.2) is 0 Å². The van der Waals surface area contributed by atoms with E-state index in [1.807, 2.05) is 4.90 Å². The third-order valence-electron chi connectivity index (χ3n) is 5.66. The molecule has 2 aliphatic rings. The molecular formula is C24H30N2O2. The van der Waals surface area contributed by atoms with E-state index in [0.29, 0.717) is 32.0 Å². The number of rotatable bonds is 4. The Morgan fingerprint density at radius 1 is 1.04 bits per heavy atom. The number of ether oxygens (including phenoxy) is 1. The molecule has 28 heavy (non-hydrogen) atoms. The van der Waals surface area contributed by atoms with Gasteiger partial charge in [-0.05, 0) is 41.2 Å². The molecule has 0 saturated carbocycles. The second-order valence-corrected chi connectivity index (χ2v) is 8.43. The van der Waals surface area contributed by atoms with Crippen LogP contribution in [0, 0.1) is 5.92 Å². The summed E-state index contributed by atoms with van der Waals surface area (Å²) in [6, 6.07) is 15.2. The van der Waals surface area contributed by atoms with E-state index in [9.17, 15) is 4.79 Å². The van der Waals surface area contributed by atoms with Crippen molar-refractivity contribution in [1.29, 1.82) is 0 Å². The van der Waals surface area contributed by atoms with Crippen LogP contribution in [-0.4, -0.2) is 35.4 Å². The monoisotopic (exact) mass is 378 g/mol. The van der Waals surface area contributed by atoms with Gasteiger partial charge in [-0.2, -0.15) is 0 Å². The van der Waals surface area contributed by atoms with Crippen molar-refractivity contribution in [3.05, 3.63) is 64.7 Å². The fourth-order valence-corrected chi connectivity index (χ4v) is 4.18. The number of hydrogen-bond acceptors (Lipinski definition) is 3. The van der Waals surface area contributed by atoms with Gasteiger partial charge in [0.05, 0.1) is 6.54 Å². The molecule has 2 aromatic rings. The largest absolute Gasteiger partial charge is 0.491 e. The molecule has 4 rings (SSSR count). The van der Waals surface area contributed by atoms with Gasteiger partial charge >= 0.3 is 0 Å². The van der Waals surface area contributed by atoms with Crippen LogP contribution in [0.25, 0.3) is 0 Å². The molecule has 2 heterocycles. The Balaban J connectivity index is 1.46. The fourth-order valence-electron chi connectivity index (χ4n) is 4.18. The Hall–Kier alpha value is -2.33. The zero-order chi connectivity index (χ0) is 19.5. The zero-order valence-electron chi connectivity index (χ0n) is 17.0. The lowest BCUT2D eigenvalue weighted by molar-refractivity contribution is -0.132. The second-order valence-electron chi connectivity index (χ2n) is 8.43. The van der Waals surface area contributed by atoms with E-state index in [0.717, 1.165) is 37.4 Å². The smallest absolute Gasteiger partial charge is 0.223 e. The molecule has 0 atom stereocenters. The minimum atomic E-state index is 0.226. The molecule has 0 radical (unpaired) electrons. The summed E-state index contributed by atoms with van der Waals surface area (Å²) >= 11 is 0. The van der Waals surface area contributed by atoms with Gasteiger partial charge in [-0.3, -0.25) is 9.69 Å². The third kappa shape index (κ3) is 4.39. The van der Waals surface area contributed by atoms with Gasteiger partial charge in [-0.25, -0.2) is 0 Å². The van der Waals surface area contributed by atoms with E-state index in [4.69, 9.17) is 4.74 Å². The molecule has 0 unspecified atom stereocenters. The highest BCUT2D eigenvalue weighted by molar-refractivity contribution is 5.76. The summed E-state index contributed by atoms with van der Waals surface area (Å²) in [6.07, 6.45) is 1.71. The molecule has 0 aromatic heterocycles. The maximum Gasteiger partial charge on any atom is 0.223 e. The van der Waals surface area contributed by atoms with Crippen molar-refractivity contribution in [3.63, 3.8) is 0 Å². The van der Waals surface area contributed by atoms with E-state index in [2.05, 4.69) is 61.2 Å². The molecule has 2 aliphatic heterocycles. The van der Waals surface area contributed by atoms with Crippen molar-refractivity contribution in [2.45, 2.75) is 46.3 Å². The summed E-state index contributed by atoms with van der Waals surface area (Å²) in [6.45, 7) is 9.09. The number of benzene rings is 2. The summed E-state index contributed by atoms with van der Waals surface area (Å²) in [5.41, 5.74) is 5.34. The number of carbonyl (C=O) groups excluding carboxylic acids is 1. The van der Waals surface area contributed by atoms with Gasteiger partial charge in [0.25, 0.3) is 0 Å². The summed E-state index contributed by atoms with van der Waals surface area (Å²) in [5, 5.41) is 0. The van der Waals surface area contributed by atoms with Crippen molar-refractivity contribution in [3.8, 4) is 5.75 Å². The van der Waals surface area contributed by atoms with Gasteiger partial charge in [-0.1, -0.05) is 44.2 Å². The van der Waals surface area contributed by atoms with Crippen LogP contribution in [-0.2, 0) is 30.8 Å². The number of carbonyl (C=O) groups is 1. The number of fused-ring (bicyclic) bond motifs is 2. The van der Waals surface area contributed by atoms with Crippen LogP contribution >= 0.6 is 0 Å². The van der Waals surface area contributed by atoms with Crippen LogP contribution in [0.2, 0.25) is 0 Å². The summed E-state index contributed by atoms with van der Waals surface area (Å²) in [4.78, 5) is 17.0.